The van der Waals surface area contributed by atoms with Crippen molar-refractivity contribution in [3.8, 4) is 11.5 Å². The molecule has 5 rings (SSSR count). The van der Waals surface area contributed by atoms with Crippen molar-refractivity contribution in [1.29, 1.82) is 0 Å². The van der Waals surface area contributed by atoms with Gasteiger partial charge in [0, 0.05) is 23.4 Å². The number of aromatic nitrogens is 1. The van der Waals surface area contributed by atoms with Crippen LogP contribution in [0.15, 0.2) is 41.8 Å². The Kier molecular flexibility index (Phi) is 6.77. The molecule has 2 aromatic carbocycles. The van der Waals surface area contributed by atoms with Gasteiger partial charge in [-0.15, -0.1) is 11.3 Å². The smallest absolute Gasteiger partial charge is 0.273 e. The molecule has 2 aliphatic rings. The Bertz CT molecular complexity index is 1280. The molecule has 7 nitrogen and oxygen atoms in total. The van der Waals surface area contributed by atoms with Crippen molar-refractivity contribution in [2.24, 2.45) is 0 Å². The molecule has 9 heteroatoms. The minimum absolute atomic E-state index is 0.0173. The number of thiazole rings is 1. The molecule has 0 spiro atoms. The molecule has 2 aliphatic heterocycles. The van der Waals surface area contributed by atoms with Crippen LogP contribution in [0.2, 0.25) is 0 Å². The van der Waals surface area contributed by atoms with Crippen molar-refractivity contribution in [3.63, 3.8) is 0 Å². The van der Waals surface area contributed by atoms with Gasteiger partial charge in [0.25, 0.3) is 5.91 Å². The van der Waals surface area contributed by atoms with Crippen LogP contribution in [0.4, 0.5) is 4.39 Å². The molecule has 0 saturated carbocycles. The van der Waals surface area contributed by atoms with E-state index in [0.717, 1.165) is 42.1 Å². The number of benzene rings is 2. The summed E-state index contributed by atoms with van der Waals surface area (Å²) in [7, 11) is 0. The van der Waals surface area contributed by atoms with Crippen molar-refractivity contribution in [3.05, 3.63) is 75.0 Å². The number of Topliss-reactive ketones (excluding diaryl/α,β-unsaturated/α-hetero) is 1. The highest BCUT2D eigenvalue weighted by atomic mass is 32.1. The number of phenols is 2. The maximum absolute atomic E-state index is 13.3. The van der Waals surface area contributed by atoms with E-state index in [0.29, 0.717) is 30.8 Å². The van der Waals surface area contributed by atoms with Crippen LogP contribution >= 0.6 is 11.3 Å². The van der Waals surface area contributed by atoms with Crippen LogP contribution in [-0.4, -0.2) is 62.9 Å². The van der Waals surface area contributed by atoms with Gasteiger partial charge in [-0.1, -0.05) is 0 Å². The van der Waals surface area contributed by atoms with E-state index in [4.69, 9.17) is 0 Å². The van der Waals surface area contributed by atoms with E-state index >= 15 is 0 Å². The number of likely N-dealkylation sites (tertiary alicyclic amines) is 1. The van der Waals surface area contributed by atoms with Crippen molar-refractivity contribution >= 4 is 23.0 Å². The largest absolute Gasteiger partial charge is 0.504 e. The summed E-state index contributed by atoms with van der Waals surface area (Å²) in [6, 6.07) is 8.52. The van der Waals surface area contributed by atoms with E-state index in [1.807, 2.05) is 12.3 Å². The van der Waals surface area contributed by atoms with Gasteiger partial charge in [0.15, 0.2) is 17.3 Å². The van der Waals surface area contributed by atoms with Gasteiger partial charge in [0.1, 0.15) is 11.5 Å². The van der Waals surface area contributed by atoms with Crippen molar-refractivity contribution in [2.75, 3.05) is 26.2 Å². The summed E-state index contributed by atoms with van der Waals surface area (Å²) >= 11 is 1.50. The first-order valence-electron chi connectivity index (χ1n) is 12.1. The second kappa shape index (κ2) is 9.99. The van der Waals surface area contributed by atoms with E-state index < -0.39 is 0 Å². The van der Waals surface area contributed by atoms with E-state index in [-0.39, 0.29) is 41.0 Å². The number of carbonyl (C=O) groups excluding carboxylic acids is 2. The fourth-order valence-corrected chi connectivity index (χ4v) is 6.08. The monoisotopic (exact) mass is 509 g/mol. The zero-order chi connectivity index (χ0) is 25.4. The number of hydrogen-bond donors (Lipinski definition) is 2. The second-order valence-corrected chi connectivity index (χ2v) is 10.4. The Morgan fingerprint density at radius 2 is 1.78 bits per heavy atom. The van der Waals surface area contributed by atoms with Crippen LogP contribution in [0.3, 0.4) is 0 Å². The number of hydrogen-bond acceptors (Lipinski definition) is 7. The molecular weight excluding hydrogens is 481 g/mol. The molecule has 0 radical (unpaired) electrons. The van der Waals surface area contributed by atoms with E-state index in [9.17, 15) is 24.2 Å². The van der Waals surface area contributed by atoms with Crippen molar-refractivity contribution in [1.82, 2.24) is 14.8 Å². The molecule has 0 aliphatic carbocycles. The number of nitrogens with zero attached hydrogens (tertiary/aromatic N) is 3. The lowest BCUT2D eigenvalue weighted by molar-refractivity contribution is 0.0671. The number of phenolic OH excluding ortho intramolecular Hbond substituents is 2. The van der Waals surface area contributed by atoms with E-state index in [2.05, 4.69) is 9.88 Å². The summed E-state index contributed by atoms with van der Waals surface area (Å²) in [6.07, 6.45) is 2.31. The SMILES string of the molecule is CC1c2cc(O)c(O)cc2CCN1C(=O)c1csc(C2CCN(CC(=O)c3ccc(F)cc3)CC2)n1. The number of piperidine rings is 1. The molecule has 2 N–H and O–H groups in total. The normalized spacial score (nSPS) is 18.7. The quantitative estimate of drug-likeness (QED) is 0.388. The van der Waals surface area contributed by atoms with Gasteiger partial charge in [-0.3, -0.25) is 14.5 Å². The zero-order valence-electron chi connectivity index (χ0n) is 20.0. The fraction of sp³-hybridized carbons (Fsp3) is 0.370. The molecule has 1 atom stereocenters. The Hall–Kier alpha value is -3.30. The number of aromatic hydroxyl groups is 2. The fourth-order valence-electron chi connectivity index (χ4n) is 5.11. The minimum Gasteiger partial charge on any atom is -0.504 e. The van der Waals surface area contributed by atoms with Crippen LogP contribution in [0.1, 0.15) is 68.7 Å². The number of rotatable bonds is 5. The maximum Gasteiger partial charge on any atom is 0.273 e. The number of amides is 1. The highest BCUT2D eigenvalue weighted by molar-refractivity contribution is 7.09. The molecule has 1 unspecified atom stereocenters. The highest BCUT2D eigenvalue weighted by Crippen LogP contribution is 2.38. The van der Waals surface area contributed by atoms with Crippen molar-refractivity contribution in [2.45, 2.75) is 38.1 Å². The summed E-state index contributed by atoms with van der Waals surface area (Å²) in [5.41, 5.74) is 2.72. The Morgan fingerprint density at radius 3 is 2.50 bits per heavy atom. The maximum atomic E-state index is 13.3. The lowest BCUT2D eigenvalue weighted by Crippen LogP contribution is -2.39. The first-order valence-corrected chi connectivity index (χ1v) is 13.0. The molecule has 1 aromatic heterocycles. The zero-order valence-corrected chi connectivity index (χ0v) is 20.8. The predicted molar refractivity (Wildman–Crippen MR) is 134 cm³/mol. The first kappa shape index (κ1) is 24.4. The Balaban J connectivity index is 1.19. The second-order valence-electron chi connectivity index (χ2n) is 9.52. The van der Waals surface area contributed by atoms with Crippen molar-refractivity contribution < 1.29 is 24.2 Å². The third kappa shape index (κ3) is 4.85. The molecule has 1 amide bonds. The topological polar surface area (TPSA) is 94.0 Å². The number of halogens is 1. The van der Waals surface area contributed by atoms with Gasteiger partial charge < -0.3 is 15.1 Å². The number of carbonyl (C=O) groups is 2. The van der Waals surface area contributed by atoms with Crippen LogP contribution in [-0.2, 0) is 6.42 Å². The average molecular weight is 510 g/mol. The summed E-state index contributed by atoms with van der Waals surface area (Å²) in [4.78, 5) is 34.4. The van der Waals surface area contributed by atoms with Gasteiger partial charge in [-0.25, -0.2) is 9.37 Å². The standard InChI is InChI=1S/C27H28FN3O4S/c1-16-21-13-24(33)23(32)12-19(21)8-11-31(16)27(35)22-15-36-26(29-22)18-6-9-30(10-7-18)14-25(34)17-2-4-20(28)5-3-17/h2-5,12-13,15-16,18,32-33H,6-11,14H2,1H3. The van der Waals surface area contributed by atoms with E-state index in [1.165, 1.54) is 41.7 Å². The molecule has 36 heavy (non-hydrogen) atoms. The average Bonchev–Trinajstić information content (AvgIpc) is 3.36. The van der Waals surface area contributed by atoms with E-state index in [1.54, 1.807) is 11.0 Å². The van der Waals surface area contributed by atoms with Gasteiger partial charge >= 0.3 is 0 Å². The summed E-state index contributed by atoms with van der Waals surface area (Å²) in [5.74, 6) is -0.588. The Labute approximate surface area is 212 Å². The summed E-state index contributed by atoms with van der Waals surface area (Å²) in [6.45, 7) is 4.27. The first-order chi connectivity index (χ1) is 17.3. The third-order valence-corrected chi connectivity index (χ3v) is 8.26. The van der Waals surface area contributed by atoms with Crippen LogP contribution < -0.4 is 0 Å². The third-order valence-electron chi connectivity index (χ3n) is 7.25. The van der Waals surface area contributed by atoms with Crippen LogP contribution in [0, 0.1) is 5.82 Å². The summed E-state index contributed by atoms with van der Waals surface area (Å²) in [5, 5.41) is 22.5. The number of ketones is 1. The van der Waals surface area contributed by atoms with Gasteiger partial charge in [-0.2, -0.15) is 0 Å². The molecule has 3 heterocycles. The van der Waals surface area contributed by atoms with Crippen LogP contribution in [0.5, 0.6) is 11.5 Å². The molecule has 1 saturated heterocycles. The Morgan fingerprint density at radius 1 is 1.08 bits per heavy atom. The number of fused-ring (bicyclic) bond motifs is 1. The molecule has 3 aromatic rings. The van der Waals surface area contributed by atoms with Gasteiger partial charge in [0.2, 0.25) is 0 Å². The van der Waals surface area contributed by atoms with Gasteiger partial charge in [-0.05, 0) is 86.8 Å². The minimum atomic E-state index is -0.354. The molecular formula is C27H28FN3O4S. The lowest BCUT2D eigenvalue weighted by atomic mass is 9.92. The molecule has 188 valence electrons. The molecule has 0 bridgehead atoms. The summed E-state index contributed by atoms with van der Waals surface area (Å²) < 4.78 is 13.1. The van der Waals surface area contributed by atoms with Crippen LogP contribution in [0.25, 0.3) is 0 Å². The highest BCUT2D eigenvalue weighted by Gasteiger charge is 2.31. The lowest BCUT2D eigenvalue weighted by Gasteiger charge is -2.35. The van der Waals surface area contributed by atoms with Gasteiger partial charge in [0.05, 0.1) is 17.6 Å². The molecule has 1 fully saturated rings. The predicted octanol–water partition coefficient (Wildman–Crippen LogP) is 4.52.